The zero-order valence-corrected chi connectivity index (χ0v) is 15.0. The van der Waals surface area contributed by atoms with Crippen LogP contribution in [0.2, 0.25) is 0 Å². The van der Waals surface area contributed by atoms with Crippen molar-refractivity contribution >= 4 is 20.4 Å². The lowest BCUT2D eigenvalue weighted by Crippen LogP contribution is -2.40. The lowest BCUT2D eigenvalue weighted by Gasteiger charge is -2.24. The lowest BCUT2D eigenvalue weighted by atomic mass is 10.5. The van der Waals surface area contributed by atoms with Gasteiger partial charge in [-0.1, -0.05) is 0 Å². The van der Waals surface area contributed by atoms with E-state index < -0.39 is 57.9 Å². The Morgan fingerprint density at radius 3 is 0.958 bits per heavy atom. The Balaban J connectivity index is 1.50. The van der Waals surface area contributed by atoms with Gasteiger partial charge in [0.15, 0.2) is 24.9 Å². The van der Waals surface area contributed by atoms with Crippen molar-refractivity contribution in [3.05, 3.63) is 0 Å². The Labute approximate surface area is 139 Å². The maximum Gasteiger partial charge on any atom is 0.286 e. The molecular weight excluding hydrogens is 368 g/mol. The quantitative estimate of drug-likeness (QED) is 0.477. The van der Waals surface area contributed by atoms with Crippen molar-refractivity contribution in [1.29, 1.82) is 0 Å². The third-order valence-corrected chi connectivity index (χ3v) is 8.44. The fraction of sp³-hybridized carbons (Fsp3) is 1.00. The minimum absolute atomic E-state index is 0.822. The second-order valence-electron chi connectivity index (χ2n) is 5.92. The highest BCUT2D eigenvalue weighted by Crippen LogP contribution is 2.40. The van der Waals surface area contributed by atoms with Crippen molar-refractivity contribution in [2.24, 2.45) is 0 Å². The molecule has 0 bridgehead atoms. The van der Waals surface area contributed by atoms with Gasteiger partial charge in [0.05, 0.1) is 0 Å². The summed E-state index contributed by atoms with van der Waals surface area (Å²) >= 11 is 0. The van der Waals surface area contributed by atoms with E-state index in [1.807, 2.05) is 0 Å². The summed E-state index contributed by atoms with van der Waals surface area (Å²) in [5, 5.41) is 0. The maximum absolute atomic E-state index is 12.0. The molecule has 0 radical (unpaired) electrons. The van der Waals surface area contributed by atoms with Gasteiger partial charge >= 0.3 is 0 Å². The van der Waals surface area contributed by atoms with Crippen LogP contribution in [0.3, 0.4) is 0 Å². The Bertz CT molecular complexity index is 647. The molecule has 6 atom stereocenters. The van der Waals surface area contributed by atoms with Crippen LogP contribution in [0.1, 0.15) is 0 Å². The third kappa shape index (κ3) is 2.00. The number of likely N-dealkylation sites (N-methyl/N-ethyl adjacent to an activating group) is 4. The summed E-state index contributed by atoms with van der Waals surface area (Å²) in [5.74, 6) is 0. The summed E-state index contributed by atoms with van der Waals surface area (Å²) in [6, 6.07) is 0. The molecule has 4 fully saturated rings. The summed E-state index contributed by atoms with van der Waals surface area (Å²) < 4.78 is 74.8. The number of hydrogen-bond acceptors (Lipinski definition) is 8. The fourth-order valence-electron chi connectivity index (χ4n) is 3.13. The second kappa shape index (κ2) is 5.06. The summed E-state index contributed by atoms with van der Waals surface area (Å²) in [5.41, 5.74) is 0. The van der Waals surface area contributed by atoms with Crippen molar-refractivity contribution in [3.63, 3.8) is 0 Å². The first kappa shape index (κ1) is 17.0. The molecule has 12 nitrogen and oxygen atoms in total. The smallest absolute Gasteiger partial charge is 0.286 e. The van der Waals surface area contributed by atoms with Gasteiger partial charge in [-0.2, -0.15) is 34.1 Å². The van der Waals surface area contributed by atoms with Gasteiger partial charge in [0, 0.05) is 28.2 Å². The van der Waals surface area contributed by atoms with Gasteiger partial charge in [-0.15, -0.1) is 0 Å². The molecule has 0 spiro atoms. The van der Waals surface area contributed by atoms with Crippen LogP contribution in [0.25, 0.3) is 0 Å². The van der Waals surface area contributed by atoms with Crippen molar-refractivity contribution in [1.82, 2.24) is 17.2 Å². The summed E-state index contributed by atoms with van der Waals surface area (Å²) in [4.78, 5) is 0. The van der Waals surface area contributed by atoms with Crippen LogP contribution >= 0.6 is 0 Å². The molecule has 0 amide bonds. The normalized spacial score (nSPS) is 48.8. The Kier molecular flexibility index (Phi) is 3.59. The van der Waals surface area contributed by atoms with Crippen molar-refractivity contribution in [2.75, 3.05) is 28.2 Å². The molecule has 4 aliphatic heterocycles. The van der Waals surface area contributed by atoms with Crippen LogP contribution in [0.4, 0.5) is 0 Å². The van der Waals surface area contributed by atoms with Crippen LogP contribution in [0, 0.1) is 0 Å². The van der Waals surface area contributed by atoms with Crippen molar-refractivity contribution in [3.8, 4) is 0 Å². The Morgan fingerprint density at radius 2 is 0.750 bits per heavy atom. The summed E-state index contributed by atoms with van der Waals surface area (Å²) in [6.45, 7) is 0. The molecule has 0 aromatic heterocycles. The molecule has 0 saturated carbocycles. The standard InChI is InChI=1S/C10H18N4O8S2/c1-11-5-6(12(2)23(11,15)16)20-9(19-5)10-21-7-8(22-10)14(4)24(17,18)13(7)3/h5-10H,1-4H3/t5-,6+,7-,8+,9?,10?. The summed E-state index contributed by atoms with van der Waals surface area (Å²) in [7, 11) is -1.68. The highest BCUT2D eigenvalue weighted by Gasteiger charge is 2.61. The monoisotopic (exact) mass is 386 g/mol. The van der Waals surface area contributed by atoms with E-state index in [0.29, 0.717) is 0 Å². The van der Waals surface area contributed by atoms with Gasteiger partial charge < -0.3 is 18.9 Å². The first-order chi connectivity index (χ1) is 11.1. The fourth-order valence-corrected chi connectivity index (χ4v) is 5.61. The zero-order valence-electron chi connectivity index (χ0n) is 13.3. The molecule has 4 rings (SSSR count). The molecule has 2 unspecified atom stereocenters. The average Bonchev–Trinajstić information content (AvgIpc) is 3.20. The van der Waals surface area contributed by atoms with E-state index in [0.717, 1.165) is 17.2 Å². The predicted molar refractivity (Wildman–Crippen MR) is 76.0 cm³/mol. The number of hydrogen-bond donors (Lipinski definition) is 0. The summed E-state index contributed by atoms with van der Waals surface area (Å²) in [6.07, 6.45) is -5.24. The molecule has 0 N–H and O–H groups in total. The average molecular weight is 386 g/mol. The first-order valence-corrected chi connectivity index (χ1v) is 9.90. The van der Waals surface area contributed by atoms with Crippen molar-refractivity contribution in [2.45, 2.75) is 37.5 Å². The van der Waals surface area contributed by atoms with Gasteiger partial charge in [-0.25, -0.2) is 0 Å². The van der Waals surface area contributed by atoms with Crippen LogP contribution in [0.5, 0.6) is 0 Å². The number of fused-ring (bicyclic) bond motifs is 2. The van der Waals surface area contributed by atoms with E-state index in [1.54, 1.807) is 0 Å². The number of nitrogens with zero attached hydrogens (tertiary/aromatic N) is 4. The molecule has 4 heterocycles. The highest BCUT2D eigenvalue weighted by molar-refractivity contribution is 7.87. The van der Waals surface area contributed by atoms with Crippen LogP contribution in [-0.4, -0.2) is 99.7 Å². The minimum atomic E-state index is -3.62. The van der Waals surface area contributed by atoms with Crippen LogP contribution < -0.4 is 0 Å². The van der Waals surface area contributed by atoms with E-state index in [1.165, 1.54) is 28.2 Å². The van der Waals surface area contributed by atoms with E-state index in [-0.39, 0.29) is 0 Å². The van der Waals surface area contributed by atoms with Gasteiger partial charge in [-0.3, -0.25) is 0 Å². The largest absolute Gasteiger partial charge is 0.324 e. The third-order valence-electron chi connectivity index (χ3n) is 4.69. The highest BCUT2D eigenvalue weighted by atomic mass is 32.2. The molecule has 0 aliphatic carbocycles. The van der Waals surface area contributed by atoms with E-state index >= 15 is 0 Å². The van der Waals surface area contributed by atoms with E-state index in [4.69, 9.17) is 18.9 Å². The Hall–Kier alpha value is -0.420. The van der Waals surface area contributed by atoms with E-state index in [2.05, 4.69) is 0 Å². The maximum atomic E-state index is 12.0. The van der Waals surface area contributed by atoms with Crippen LogP contribution in [0.15, 0.2) is 0 Å². The molecular formula is C10H18N4O8S2. The molecule has 14 heteroatoms. The topological polar surface area (TPSA) is 118 Å². The van der Waals surface area contributed by atoms with Gasteiger partial charge in [0.25, 0.3) is 20.4 Å². The molecule has 4 aliphatic rings. The van der Waals surface area contributed by atoms with Gasteiger partial charge in [-0.05, 0) is 0 Å². The second-order valence-corrected chi connectivity index (χ2v) is 10.0. The molecule has 0 aromatic rings. The number of ether oxygens (including phenoxy) is 4. The molecule has 0 aromatic carbocycles. The molecule has 24 heavy (non-hydrogen) atoms. The predicted octanol–water partition coefficient (Wildman–Crippen LogP) is -2.72. The van der Waals surface area contributed by atoms with Gasteiger partial charge in [0.2, 0.25) is 12.6 Å². The molecule has 138 valence electrons. The number of rotatable bonds is 1. The minimum Gasteiger partial charge on any atom is -0.324 e. The first-order valence-electron chi connectivity index (χ1n) is 7.10. The SMILES string of the molecule is CN1[C@@H]2OC(C3O[C@@H]4[C@H](O3)N(C)S(=O)(=O)N4C)O[C@@H]2N(C)S1(=O)=O. The lowest BCUT2D eigenvalue weighted by molar-refractivity contribution is -0.236. The zero-order chi connectivity index (χ0) is 17.6. The van der Waals surface area contributed by atoms with Crippen molar-refractivity contribution < 1.29 is 35.8 Å². The van der Waals surface area contributed by atoms with Gasteiger partial charge in [0.1, 0.15) is 0 Å². The molecule has 4 saturated heterocycles. The van der Waals surface area contributed by atoms with E-state index in [9.17, 15) is 16.8 Å². The van der Waals surface area contributed by atoms with Crippen LogP contribution in [-0.2, 0) is 39.4 Å². The Morgan fingerprint density at radius 1 is 0.542 bits per heavy atom.